The number of hydrogen-bond donors (Lipinski definition) is 0. The molecule has 0 amide bonds. The molecule has 2 heterocycles. The fourth-order valence-corrected chi connectivity index (χ4v) is 3.49. The van der Waals surface area contributed by atoms with Crippen LogP contribution in [0.3, 0.4) is 0 Å². The van der Waals surface area contributed by atoms with E-state index in [2.05, 4.69) is 47.1 Å². The Morgan fingerprint density at radius 2 is 2.04 bits per heavy atom. The highest BCUT2D eigenvalue weighted by atomic mass is 16.5. The van der Waals surface area contributed by atoms with E-state index in [-0.39, 0.29) is 0 Å². The number of pyridine rings is 1. The minimum Gasteiger partial charge on any atom is -0.494 e. The fourth-order valence-electron chi connectivity index (χ4n) is 3.49. The highest BCUT2D eigenvalue weighted by Crippen LogP contribution is 2.24. The van der Waals surface area contributed by atoms with Crippen LogP contribution in [0.15, 0.2) is 42.6 Å². The van der Waals surface area contributed by atoms with Crippen LogP contribution in [-0.2, 0) is 0 Å². The van der Waals surface area contributed by atoms with Crippen LogP contribution in [-0.4, -0.2) is 36.1 Å². The molecule has 0 radical (unpaired) electrons. The van der Waals surface area contributed by atoms with Gasteiger partial charge in [0.2, 0.25) is 0 Å². The Kier molecular flexibility index (Phi) is 5.86. The molecule has 3 nitrogen and oxygen atoms in total. The lowest BCUT2D eigenvalue weighted by molar-refractivity contribution is 0.170. The van der Waals surface area contributed by atoms with Crippen molar-refractivity contribution in [2.45, 2.75) is 33.1 Å². The zero-order chi connectivity index (χ0) is 16.8. The van der Waals surface area contributed by atoms with Crippen molar-refractivity contribution in [3.8, 4) is 16.9 Å². The predicted molar refractivity (Wildman–Crippen MR) is 99.4 cm³/mol. The average Bonchev–Trinajstić information content (AvgIpc) is 2.60. The number of ether oxygens (including phenoxy) is 1. The van der Waals surface area contributed by atoms with Crippen LogP contribution in [0.25, 0.3) is 11.1 Å². The Morgan fingerprint density at radius 1 is 1.21 bits per heavy atom. The maximum absolute atomic E-state index is 5.90. The lowest BCUT2D eigenvalue weighted by Gasteiger charge is -2.30. The number of aromatic nitrogens is 1. The van der Waals surface area contributed by atoms with Crippen molar-refractivity contribution in [1.29, 1.82) is 0 Å². The van der Waals surface area contributed by atoms with Gasteiger partial charge in [0.05, 0.1) is 6.61 Å². The molecule has 0 spiro atoms. The van der Waals surface area contributed by atoms with Crippen LogP contribution in [0.4, 0.5) is 0 Å². The Hall–Kier alpha value is -1.87. The molecule has 128 valence electrons. The van der Waals surface area contributed by atoms with Gasteiger partial charge >= 0.3 is 0 Å². The van der Waals surface area contributed by atoms with E-state index in [0.29, 0.717) is 0 Å². The molecular weight excluding hydrogens is 296 g/mol. The van der Waals surface area contributed by atoms with Crippen molar-refractivity contribution in [3.05, 3.63) is 48.3 Å². The van der Waals surface area contributed by atoms with Gasteiger partial charge in [0.1, 0.15) is 5.75 Å². The van der Waals surface area contributed by atoms with Crippen molar-refractivity contribution >= 4 is 0 Å². The first kappa shape index (κ1) is 17.0. The van der Waals surface area contributed by atoms with Crippen LogP contribution in [0.1, 0.15) is 31.9 Å². The third-order valence-corrected chi connectivity index (χ3v) is 4.80. The van der Waals surface area contributed by atoms with Gasteiger partial charge in [0.25, 0.3) is 0 Å². The van der Waals surface area contributed by atoms with Crippen LogP contribution < -0.4 is 4.74 Å². The third kappa shape index (κ3) is 4.57. The van der Waals surface area contributed by atoms with Gasteiger partial charge in [-0.15, -0.1) is 0 Å². The summed E-state index contributed by atoms with van der Waals surface area (Å²) in [6.45, 7) is 8.84. The summed E-state index contributed by atoms with van der Waals surface area (Å²) in [5, 5.41) is 0. The summed E-state index contributed by atoms with van der Waals surface area (Å²) in [6, 6.07) is 12.4. The van der Waals surface area contributed by atoms with E-state index in [0.717, 1.165) is 36.9 Å². The predicted octanol–water partition coefficient (Wildman–Crippen LogP) is 4.56. The van der Waals surface area contributed by atoms with Gasteiger partial charge in [-0.3, -0.25) is 4.98 Å². The first-order chi connectivity index (χ1) is 11.7. The summed E-state index contributed by atoms with van der Waals surface area (Å²) >= 11 is 0. The van der Waals surface area contributed by atoms with E-state index < -0.39 is 0 Å². The molecule has 1 saturated heterocycles. The van der Waals surface area contributed by atoms with E-state index >= 15 is 0 Å². The minimum absolute atomic E-state index is 0.788. The third-order valence-electron chi connectivity index (χ3n) is 4.80. The summed E-state index contributed by atoms with van der Waals surface area (Å²) in [7, 11) is 0. The Balaban J connectivity index is 1.46. The number of hydrogen-bond acceptors (Lipinski definition) is 3. The molecule has 0 aliphatic carbocycles. The van der Waals surface area contributed by atoms with Crippen molar-refractivity contribution in [2.24, 2.45) is 5.92 Å². The lowest BCUT2D eigenvalue weighted by atomic mass is 10.0. The first-order valence-corrected chi connectivity index (χ1v) is 9.09. The van der Waals surface area contributed by atoms with Gasteiger partial charge in [0, 0.05) is 30.5 Å². The van der Waals surface area contributed by atoms with Crippen molar-refractivity contribution in [2.75, 3.05) is 26.2 Å². The molecule has 1 aliphatic heterocycles. The fraction of sp³-hybridized carbons (Fsp3) is 0.476. The topological polar surface area (TPSA) is 25.4 Å². The minimum atomic E-state index is 0.788. The number of piperidine rings is 1. The van der Waals surface area contributed by atoms with E-state index in [1.807, 2.05) is 19.2 Å². The summed E-state index contributed by atoms with van der Waals surface area (Å²) in [6.07, 6.45) is 5.66. The second-order valence-corrected chi connectivity index (χ2v) is 6.91. The first-order valence-electron chi connectivity index (χ1n) is 9.09. The number of benzene rings is 1. The number of aryl methyl sites for hydroxylation is 1. The Morgan fingerprint density at radius 3 is 2.79 bits per heavy atom. The van der Waals surface area contributed by atoms with Crippen molar-refractivity contribution in [1.82, 2.24) is 9.88 Å². The molecule has 1 aliphatic rings. The SMILES string of the molecule is Cc1ncccc1-c1ccc(OCCCN2CCC[C@H](C)C2)cc1. The van der Waals surface area contributed by atoms with E-state index in [4.69, 9.17) is 4.74 Å². The molecule has 1 aromatic carbocycles. The maximum atomic E-state index is 5.90. The van der Waals surface area contributed by atoms with Gasteiger partial charge in [0.15, 0.2) is 0 Å². The monoisotopic (exact) mass is 324 g/mol. The van der Waals surface area contributed by atoms with E-state index in [1.54, 1.807) is 0 Å². The van der Waals surface area contributed by atoms with Crippen molar-refractivity contribution in [3.63, 3.8) is 0 Å². The molecule has 0 N–H and O–H groups in total. The molecule has 0 bridgehead atoms. The molecule has 24 heavy (non-hydrogen) atoms. The molecule has 3 rings (SSSR count). The number of rotatable bonds is 6. The summed E-state index contributed by atoms with van der Waals surface area (Å²) in [4.78, 5) is 6.93. The second-order valence-electron chi connectivity index (χ2n) is 6.91. The summed E-state index contributed by atoms with van der Waals surface area (Å²) in [5.41, 5.74) is 3.43. The highest BCUT2D eigenvalue weighted by Gasteiger charge is 2.15. The summed E-state index contributed by atoms with van der Waals surface area (Å²) < 4.78 is 5.90. The van der Waals surface area contributed by atoms with Crippen LogP contribution in [0.5, 0.6) is 5.75 Å². The van der Waals surface area contributed by atoms with Crippen molar-refractivity contribution < 1.29 is 4.74 Å². The molecule has 1 aromatic heterocycles. The summed E-state index contributed by atoms with van der Waals surface area (Å²) in [5.74, 6) is 1.80. The lowest BCUT2D eigenvalue weighted by Crippen LogP contribution is -2.35. The smallest absolute Gasteiger partial charge is 0.119 e. The number of likely N-dealkylation sites (tertiary alicyclic amines) is 1. The van der Waals surface area contributed by atoms with Crippen LogP contribution >= 0.6 is 0 Å². The molecule has 3 heteroatoms. The normalized spacial score (nSPS) is 18.5. The molecule has 1 atom stereocenters. The van der Waals surface area contributed by atoms with E-state index in [9.17, 15) is 0 Å². The quantitative estimate of drug-likeness (QED) is 0.729. The molecule has 0 unspecified atom stereocenters. The maximum Gasteiger partial charge on any atom is 0.119 e. The van der Waals surface area contributed by atoms with Gasteiger partial charge in [-0.2, -0.15) is 0 Å². The van der Waals surface area contributed by atoms with Gasteiger partial charge in [-0.25, -0.2) is 0 Å². The number of nitrogens with zero attached hydrogens (tertiary/aromatic N) is 2. The second kappa shape index (κ2) is 8.29. The van der Waals surface area contributed by atoms with E-state index in [1.165, 1.54) is 37.1 Å². The zero-order valence-corrected chi connectivity index (χ0v) is 14.9. The molecule has 2 aromatic rings. The Bertz CT molecular complexity index is 639. The molecular formula is C21H28N2O. The highest BCUT2D eigenvalue weighted by molar-refractivity contribution is 5.66. The van der Waals surface area contributed by atoms with Gasteiger partial charge in [-0.05, 0) is 62.4 Å². The zero-order valence-electron chi connectivity index (χ0n) is 14.9. The average molecular weight is 324 g/mol. The van der Waals surface area contributed by atoms with Gasteiger partial charge < -0.3 is 9.64 Å². The van der Waals surface area contributed by atoms with Gasteiger partial charge in [-0.1, -0.05) is 25.1 Å². The molecule has 1 fully saturated rings. The largest absolute Gasteiger partial charge is 0.494 e. The van der Waals surface area contributed by atoms with Crippen LogP contribution in [0, 0.1) is 12.8 Å². The Labute approximate surface area is 145 Å². The standard InChI is InChI=1S/C21H28N2O/c1-17-6-4-13-23(16-17)14-5-15-24-20-10-8-19(9-11-20)21-7-3-12-22-18(21)2/h3,7-12,17H,4-6,13-16H2,1-2H3/t17-/m0/s1. The molecule has 0 saturated carbocycles. The van der Waals surface area contributed by atoms with Crippen LogP contribution in [0.2, 0.25) is 0 Å².